The summed E-state index contributed by atoms with van der Waals surface area (Å²) in [6.45, 7) is 2.09. The summed E-state index contributed by atoms with van der Waals surface area (Å²) in [6, 6.07) is 19.4. The Bertz CT molecular complexity index is 1100. The number of benzene rings is 3. The molecule has 0 aliphatic rings. The van der Waals surface area contributed by atoms with Crippen molar-refractivity contribution in [2.45, 2.75) is 18.2 Å². The van der Waals surface area contributed by atoms with E-state index in [0.29, 0.717) is 10.0 Å². The van der Waals surface area contributed by atoms with Gasteiger partial charge in [0.2, 0.25) is 0 Å². The molecule has 3 aromatic rings. The van der Waals surface area contributed by atoms with Crippen LogP contribution in [0.15, 0.2) is 85.6 Å². The predicted octanol–water partition coefficient (Wildman–Crippen LogP) is 6.29. The Hall–Kier alpha value is -1.96. The Labute approximate surface area is 181 Å². The zero-order valence-corrected chi connectivity index (χ0v) is 19.0. The lowest BCUT2D eigenvalue weighted by atomic mass is 10.1. The van der Waals surface area contributed by atoms with Crippen molar-refractivity contribution in [3.8, 4) is 5.75 Å². The molecule has 0 bridgehead atoms. The molecule has 0 radical (unpaired) electrons. The molecule has 7 heteroatoms. The number of hydrogen-bond donors (Lipinski definition) is 0. The smallest absolute Gasteiger partial charge is 0.339 e. The lowest BCUT2D eigenvalue weighted by Gasteiger charge is -2.12. The molecule has 0 N–H and O–H groups in total. The zero-order valence-electron chi connectivity index (χ0n) is 15.0. The average Bonchev–Trinajstić information content (AvgIpc) is 2.69. The second-order valence-corrected chi connectivity index (χ2v) is 9.25. The van der Waals surface area contributed by atoms with Crippen LogP contribution in [-0.2, 0) is 16.5 Å². The standard InChI is InChI=1S/C21H17Br2NO3S/c1-2-15-8-10-18(11-9-15)24-14-16-12-17(22)13-20(23)21(16)27-28(25,26)19-6-4-3-5-7-19/h3-14H,2H2,1H3. The number of aliphatic imine (C=N–C) groups is 1. The summed E-state index contributed by atoms with van der Waals surface area (Å²) in [7, 11) is -3.97. The van der Waals surface area contributed by atoms with E-state index in [-0.39, 0.29) is 10.6 Å². The van der Waals surface area contributed by atoms with Gasteiger partial charge >= 0.3 is 10.1 Å². The fourth-order valence-corrected chi connectivity index (χ4v) is 4.91. The first-order chi connectivity index (χ1) is 13.4. The monoisotopic (exact) mass is 521 g/mol. The van der Waals surface area contributed by atoms with Crippen molar-refractivity contribution in [3.05, 3.63) is 86.8 Å². The SMILES string of the molecule is CCc1ccc(N=Cc2cc(Br)cc(Br)c2OS(=O)(=O)c2ccccc2)cc1. The summed E-state index contributed by atoms with van der Waals surface area (Å²) < 4.78 is 32.0. The van der Waals surface area contributed by atoms with Crippen LogP contribution in [0.4, 0.5) is 5.69 Å². The van der Waals surface area contributed by atoms with E-state index in [4.69, 9.17) is 4.18 Å². The summed E-state index contributed by atoms with van der Waals surface area (Å²) in [5, 5.41) is 0. The number of aryl methyl sites for hydroxylation is 1. The minimum absolute atomic E-state index is 0.0860. The van der Waals surface area contributed by atoms with Crippen LogP contribution in [0.1, 0.15) is 18.1 Å². The molecule has 0 saturated heterocycles. The highest BCUT2D eigenvalue weighted by Crippen LogP contribution is 2.34. The molecule has 0 fully saturated rings. The Balaban J connectivity index is 1.96. The highest BCUT2D eigenvalue weighted by atomic mass is 79.9. The molecule has 0 aliphatic heterocycles. The maximum atomic E-state index is 12.6. The molecular formula is C21H17Br2NO3S. The third-order valence-electron chi connectivity index (χ3n) is 3.96. The topological polar surface area (TPSA) is 55.7 Å². The van der Waals surface area contributed by atoms with Gasteiger partial charge in [-0.3, -0.25) is 4.99 Å². The van der Waals surface area contributed by atoms with Crippen LogP contribution >= 0.6 is 31.9 Å². The van der Waals surface area contributed by atoms with Gasteiger partial charge in [0.15, 0.2) is 5.75 Å². The molecule has 0 heterocycles. The quantitative estimate of drug-likeness (QED) is 0.282. The van der Waals surface area contributed by atoms with Crippen molar-refractivity contribution in [2.75, 3.05) is 0 Å². The fraction of sp³-hybridized carbons (Fsp3) is 0.0952. The van der Waals surface area contributed by atoms with Gasteiger partial charge in [-0.25, -0.2) is 0 Å². The van der Waals surface area contributed by atoms with Crippen LogP contribution in [0.5, 0.6) is 5.75 Å². The molecule has 0 unspecified atom stereocenters. The molecule has 0 spiro atoms. The number of halogens is 2. The van der Waals surface area contributed by atoms with Crippen molar-refractivity contribution < 1.29 is 12.6 Å². The van der Waals surface area contributed by atoms with E-state index in [2.05, 4.69) is 43.8 Å². The molecular weight excluding hydrogens is 506 g/mol. The van der Waals surface area contributed by atoms with E-state index in [1.807, 2.05) is 24.3 Å². The Morgan fingerprint density at radius 1 is 1.00 bits per heavy atom. The van der Waals surface area contributed by atoms with Gasteiger partial charge in [0.25, 0.3) is 0 Å². The number of hydrogen-bond acceptors (Lipinski definition) is 4. The highest BCUT2D eigenvalue weighted by Gasteiger charge is 2.20. The van der Waals surface area contributed by atoms with Gasteiger partial charge in [-0.05, 0) is 64.3 Å². The minimum Gasteiger partial charge on any atom is -0.377 e. The maximum absolute atomic E-state index is 12.6. The van der Waals surface area contributed by atoms with E-state index in [9.17, 15) is 8.42 Å². The van der Waals surface area contributed by atoms with Gasteiger partial charge in [-0.1, -0.05) is 53.2 Å². The lowest BCUT2D eigenvalue weighted by molar-refractivity contribution is 0.484. The molecule has 28 heavy (non-hydrogen) atoms. The van der Waals surface area contributed by atoms with Crippen molar-refractivity contribution in [1.82, 2.24) is 0 Å². The average molecular weight is 523 g/mol. The molecule has 4 nitrogen and oxygen atoms in total. The molecule has 0 saturated carbocycles. The normalized spacial score (nSPS) is 11.7. The molecule has 3 aromatic carbocycles. The van der Waals surface area contributed by atoms with E-state index in [1.165, 1.54) is 17.7 Å². The second kappa shape index (κ2) is 9.03. The summed E-state index contributed by atoms with van der Waals surface area (Å²) in [5.41, 5.74) is 2.52. The second-order valence-electron chi connectivity index (χ2n) is 5.93. The van der Waals surface area contributed by atoms with Crippen LogP contribution < -0.4 is 4.18 Å². The van der Waals surface area contributed by atoms with Crippen molar-refractivity contribution in [3.63, 3.8) is 0 Å². The van der Waals surface area contributed by atoms with Gasteiger partial charge in [-0.15, -0.1) is 0 Å². The first-order valence-electron chi connectivity index (χ1n) is 8.50. The molecule has 3 rings (SSSR count). The van der Waals surface area contributed by atoms with E-state index in [1.54, 1.807) is 36.5 Å². The van der Waals surface area contributed by atoms with Gasteiger partial charge in [0, 0.05) is 16.3 Å². The highest BCUT2D eigenvalue weighted by molar-refractivity contribution is 9.11. The zero-order chi connectivity index (χ0) is 20.1. The third kappa shape index (κ3) is 5.10. The summed E-state index contributed by atoms with van der Waals surface area (Å²) >= 11 is 6.81. The number of rotatable bonds is 6. The Morgan fingerprint density at radius 2 is 1.68 bits per heavy atom. The van der Waals surface area contributed by atoms with Crippen molar-refractivity contribution in [2.24, 2.45) is 4.99 Å². The van der Waals surface area contributed by atoms with Gasteiger partial charge in [0.05, 0.1) is 10.2 Å². The molecule has 0 atom stereocenters. The van der Waals surface area contributed by atoms with Crippen LogP contribution in [0.3, 0.4) is 0 Å². The van der Waals surface area contributed by atoms with E-state index in [0.717, 1.165) is 16.6 Å². The fourth-order valence-electron chi connectivity index (χ4n) is 2.47. The van der Waals surface area contributed by atoms with Crippen molar-refractivity contribution in [1.29, 1.82) is 0 Å². The Morgan fingerprint density at radius 3 is 2.32 bits per heavy atom. The van der Waals surface area contributed by atoms with Crippen LogP contribution in [0, 0.1) is 0 Å². The van der Waals surface area contributed by atoms with E-state index < -0.39 is 10.1 Å². The van der Waals surface area contributed by atoms with Crippen molar-refractivity contribution >= 4 is 53.9 Å². The minimum atomic E-state index is -3.97. The first kappa shape index (κ1) is 20.8. The third-order valence-corrected chi connectivity index (χ3v) is 6.24. The molecule has 0 aliphatic carbocycles. The lowest BCUT2D eigenvalue weighted by Crippen LogP contribution is -2.11. The van der Waals surface area contributed by atoms with Gasteiger partial charge in [0.1, 0.15) is 4.90 Å². The number of nitrogens with zero attached hydrogens (tertiary/aromatic N) is 1. The molecule has 0 amide bonds. The summed E-state index contributed by atoms with van der Waals surface area (Å²) in [5.74, 6) is 0.181. The molecule has 0 aromatic heterocycles. The Kier molecular flexibility index (Phi) is 6.69. The molecule has 144 valence electrons. The largest absolute Gasteiger partial charge is 0.377 e. The van der Waals surface area contributed by atoms with Crippen LogP contribution in [0.25, 0.3) is 0 Å². The first-order valence-corrected chi connectivity index (χ1v) is 11.5. The van der Waals surface area contributed by atoms with Crippen LogP contribution in [-0.4, -0.2) is 14.6 Å². The van der Waals surface area contributed by atoms with Crippen LogP contribution in [0.2, 0.25) is 0 Å². The summed E-state index contributed by atoms with van der Waals surface area (Å²) in [4.78, 5) is 4.54. The summed E-state index contributed by atoms with van der Waals surface area (Å²) in [6.07, 6.45) is 2.55. The van der Waals surface area contributed by atoms with E-state index >= 15 is 0 Å². The maximum Gasteiger partial charge on any atom is 0.339 e. The van der Waals surface area contributed by atoms with Gasteiger partial charge in [-0.2, -0.15) is 8.42 Å². The van der Waals surface area contributed by atoms with Gasteiger partial charge < -0.3 is 4.18 Å². The predicted molar refractivity (Wildman–Crippen MR) is 119 cm³/mol.